The van der Waals surface area contributed by atoms with Crippen molar-refractivity contribution in [3.05, 3.63) is 58.1 Å². The Morgan fingerprint density at radius 1 is 1.07 bits per heavy atom. The maximum absolute atomic E-state index is 12.5. The van der Waals surface area contributed by atoms with Gasteiger partial charge in [-0.3, -0.25) is 0 Å². The Morgan fingerprint density at radius 2 is 1.69 bits per heavy atom. The molecule has 2 aromatic carbocycles. The third-order valence-corrected chi connectivity index (χ3v) is 6.54. The van der Waals surface area contributed by atoms with Crippen LogP contribution in [0.1, 0.15) is 57.1 Å². The van der Waals surface area contributed by atoms with Crippen molar-refractivity contribution in [2.75, 3.05) is 0 Å². The SMILES string of the molecule is C=C(C)C(=O)Oc1c2c(c(OC(=O)C(=C)C)c3ccc(Br)cc13)C1(C)CCC2C1. The van der Waals surface area contributed by atoms with Crippen LogP contribution in [0.3, 0.4) is 0 Å². The number of benzene rings is 2. The van der Waals surface area contributed by atoms with Gasteiger partial charge in [-0.05, 0) is 62.6 Å². The molecule has 0 aromatic heterocycles. The van der Waals surface area contributed by atoms with E-state index in [0.717, 1.165) is 45.6 Å². The van der Waals surface area contributed by atoms with Crippen molar-refractivity contribution in [1.82, 2.24) is 0 Å². The molecule has 0 spiro atoms. The number of fused-ring (bicyclic) bond motifs is 6. The van der Waals surface area contributed by atoms with E-state index in [9.17, 15) is 9.59 Å². The maximum atomic E-state index is 12.5. The molecule has 2 unspecified atom stereocenters. The number of carbonyl (C=O) groups is 2. The Bertz CT molecular complexity index is 1110. The van der Waals surface area contributed by atoms with E-state index in [2.05, 4.69) is 36.0 Å². The fourth-order valence-electron chi connectivity index (χ4n) is 4.70. The topological polar surface area (TPSA) is 52.6 Å². The summed E-state index contributed by atoms with van der Waals surface area (Å²) in [4.78, 5) is 24.9. The predicted molar refractivity (Wildman–Crippen MR) is 116 cm³/mol. The number of carbonyl (C=O) groups excluding carboxylic acids is 2. The number of ether oxygens (including phenoxy) is 2. The quantitative estimate of drug-likeness (QED) is 0.317. The van der Waals surface area contributed by atoms with Gasteiger partial charge in [0.15, 0.2) is 0 Å². The first-order valence-electron chi connectivity index (χ1n) is 9.67. The minimum Gasteiger partial charge on any atom is -0.422 e. The van der Waals surface area contributed by atoms with E-state index >= 15 is 0 Å². The highest BCUT2D eigenvalue weighted by atomic mass is 79.9. The Hall–Kier alpha value is -2.40. The Morgan fingerprint density at radius 3 is 2.31 bits per heavy atom. The lowest BCUT2D eigenvalue weighted by Crippen LogP contribution is -2.21. The fraction of sp³-hybridized carbons (Fsp3) is 0.333. The van der Waals surface area contributed by atoms with Crippen LogP contribution in [0.2, 0.25) is 0 Å². The number of hydrogen-bond donors (Lipinski definition) is 0. The second-order valence-electron chi connectivity index (χ2n) is 8.48. The maximum Gasteiger partial charge on any atom is 0.338 e. The first kappa shape index (κ1) is 19.9. The van der Waals surface area contributed by atoms with Crippen LogP contribution >= 0.6 is 15.9 Å². The lowest BCUT2D eigenvalue weighted by atomic mass is 9.78. The summed E-state index contributed by atoms with van der Waals surface area (Å²) in [7, 11) is 0. The molecule has 0 amide bonds. The van der Waals surface area contributed by atoms with E-state index < -0.39 is 11.9 Å². The molecule has 0 N–H and O–H groups in total. The van der Waals surface area contributed by atoms with Crippen molar-refractivity contribution in [2.45, 2.75) is 51.4 Å². The predicted octanol–water partition coefficient (Wildman–Crippen LogP) is 6.10. The summed E-state index contributed by atoms with van der Waals surface area (Å²) >= 11 is 3.51. The lowest BCUT2D eigenvalue weighted by Gasteiger charge is -2.29. The molecule has 2 aromatic rings. The van der Waals surface area contributed by atoms with Gasteiger partial charge in [-0.25, -0.2) is 9.59 Å². The zero-order valence-electron chi connectivity index (χ0n) is 16.9. The van der Waals surface area contributed by atoms with E-state index in [0.29, 0.717) is 22.6 Å². The zero-order valence-corrected chi connectivity index (χ0v) is 18.4. The Kier molecular flexibility index (Phi) is 4.69. The molecule has 0 heterocycles. The first-order valence-corrected chi connectivity index (χ1v) is 10.5. The summed E-state index contributed by atoms with van der Waals surface area (Å²) in [6.07, 6.45) is 2.99. The molecule has 2 atom stereocenters. The highest BCUT2D eigenvalue weighted by molar-refractivity contribution is 9.10. The largest absolute Gasteiger partial charge is 0.422 e. The molecular weight excluding hydrogens is 432 g/mol. The molecule has 1 fully saturated rings. The zero-order chi connectivity index (χ0) is 21.1. The molecule has 2 aliphatic carbocycles. The fourth-order valence-corrected chi connectivity index (χ4v) is 5.06. The number of esters is 2. The van der Waals surface area contributed by atoms with Gasteiger partial charge in [-0.1, -0.05) is 36.0 Å². The molecule has 0 aliphatic heterocycles. The minimum atomic E-state index is -0.451. The van der Waals surface area contributed by atoms with Gasteiger partial charge in [0.25, 0.3) is 0 Å². The van der Waals surface area contributed by atoms with Crippen molar-refractivity contribution in [3.63, 3.8) is 0 Å². The lowest BCUT2D eigenvalue weighted by molar-refractivity contribution is -0.131. The monoisotopic (exact) mass is 454 g/mol. The first-order chi connectivity index (χ1) is 13.6. The minimum absolute atomic E-state index is 0.115. The van der Waals surface area contributed by atoms with Gasteiger partial charge in [-0.2, -0.15) is 0 Å². The van der Waals surface area contributed by atoms with Gasteiger partial charge in [0.05, 0.1) is 0 Å². The molecule has 0 saturated heterocycles. The summed E-state index contributed by atoms with van der Waals surface area (Å²) in [5.74, 6) is 0.499. The van der Waals surface area contributed by atoms with Gasteiger partial charge in [0.2, 0.25) is 0 Å². The van der Waals surface area contributed by atoms with Crippen LogP contribution in [-0.2, 0) is 15.0 Å². The average molecular weight is 455 g/mol. The summed E-state index contributed by atoms with van der Waals surface area (Å²) in [6, 6.07) is 5.70. The van der Waals surface area contributed by atoms with Crippen molar-refractivity contribution < 1.29 is 19.1 Å². The number of hydrogen-bond acceptors (Lipinski definition) is 4. The molecule has 4 nitrogen and oxygen atoms in total. The molecule has 2 aliphatic rings. The van der Waals surface area contributed by atoms with Gasteiger partial charge >= 0.3 is 11.9 Å². The van der Waals surface area contributed by atoms with Crippen molar-refractivity contribution in [2.24, 2.45) is 0 Å². The summed E-state index contributed by atoms with van der Waals surface area (Å²) in [5.41, 5.74) is 2.55. The number of rotatable bonds is 4. The van der Waals surface area contributed by atoms with E-state index in [1.165, 1.54) is 0 Å². The van der Waals surface area contributed by atoms with E-state index in [-0.39, 0.29) is 11.3 Å². The standard InChI is InChI=1S/C24H23BrO4/c1-12(2)22(26)28-20-17-10-15(25)6-7-16(17)21(29-23(27)13(3)4)19-18(20)14-8-9-24(19,5)11-14/h6-7,10,14H,1,3,8-9,11H2,2,4-5H3. The van der Waals surface area contributed by atoms with Crippen LogP contribution in [-0.4, -0.2) is 11.9 Å². The highest BCUT2D eigenvalue weighted by Gasteiger charge is 2.50. The summed E-state index contributed by atoms with van der Waals surface area (Å²) < 4.78 is 12.6. The average Bonchev–Trinajstić information content (AvgIpc) is 3.17. The molecular formula is C24H23BrO4. The van der Waals surface area contributed by atoms with Crippen molar-refractivity contribution in [1.29, 1.82) is 0 Å². The molecule has 5 heteroatoms. The van der Waals surface area contributed by atoms with Gasteiger partial charge in [0, 0.05) is 37.5 Å². The molecule has 29 heavy (non-hydrogen) atoms. The highest BCUT2D eigenvalue weighted by Crippen LogP contribution is 2.64. The molecule has 1 saturated carbocycles. The van der Waals surface area contributed by atoms with Crippen LogP contribution in [0.15, 0.2) is 47.0 Å². The summed E-state index contributed by atoms with van der Waals surface area (Å²) in [6.45, 7) is 12.9. The van der Waals surface area contributed by atoms with E-state index in [4.69, 9.17) is 9.47 Å². The molecule has 4 rings (SSSR count). The smallest absolute Gasteiger partial charge is 0.338 e. The van der Waals surface area contributed by atoms with Crippen LogP contribution in [0, 0.1) is 0 Å². The molecule has 0 radical (unpaired) electrons. The van der Waals surface area contributed by atoms with Gasteiger partial charge in [-0.15, -0.1) is 0 Å². The second-order valence-corrected chi connectivity index (χ2v) is 9.39. The molecule has 150 valence electrons. The van der Waals surface area contributed by atoms with Gasteiger partial charge < -0.3 is 9.47 Å². The van der Waals surface area contributed by atoms with Gasteiger partial charge in [0.1, 0.15) is 11.5 Å². The van der Waals surface area contributed by atoms with E-state index in [1.54, 1.807) is 13.8 Å². The van der Waals surface area contributed by atoms with Crippen LogP contribution in [0.4, 0.5) is 0 Å². The van der Waals surface area contributed by atoms with E-state index in [1.807, 2.05) is 18.2 Å². The summed E-state index contributed by atoms with van der Waals surface area (Å²) in [5, 5.41) is 1.49. The Labute approximate surface area is 178 Å². The third kappa shape index (κ3) is 3.12. The van der Waals surface area contributed by atoms with Crippen LogP contribution < -0.4 is 9.47 Å². The molecule has 2 bridgehead atoms. The second kappa shape index (κ2) is 6.84. The Balaban J connectivity index is 2.06. The number of halogens is 1. The third-order valence-electron chi connectivity index (χ3n) is 6.05. The van der Waals surface area contributed by atoms with Crippen LogP contribution in [0.5, 0.6) is 11.5 Å². The van der Waals surface area contributed by atoms with Crippen molar-refractivity contribution in [3.8, 4) is 11.5 Å². The normalized spacial score (nSPS) is 21.7. The van der Waals surface area contributed by atoms with Crippen LogP contribution in [0.25, 0.3) is 10.8 Å². The van der Waals surface area contributed by atoms with Crippen molar-refractivity contribution >= 4 is 38.6 Å².